The molecule has 1 fully saturated rings. The van der Waals surface area contributed by atoms with Crippen molar-refractivity contribution in [2.24, 2.45) is 17.6 Å². The Balaban J connectivity index is 2.50. The van der Waals surface area contributed by atoms with Gasteiger partial charge in [-0.2, -0.15) is 0 Å². The lowest BCUT2D eigenvalue weighted by Crippen LogP contribution is -2.46. The van der Waals surface area contributed by atoms with E-state index in [0.29, 0.717) is 30.8 Å². The summed E-state index contributed by atoms with van der Waals surface area (Å²) in [5.41, 5.74) is 5.54. The second-order valence-corrected chi connectivity index (χ2v) is 4.99. The van der Waals surface area contributed by atoms with Crippen LogP contribution in [0.4, 0.5) is 0 Å². The summed E-state index contributed by atoms with van der Waals surface area (Å²) in [5, 5.41) is 0. The van der Waals surface area contributed by atoms with Gasteiger partial charge in [-0.3, -0.25) is 4.79 Å². The third-order valence-electron chi connectivity index (χ3n) is 3.62. The number of carbonyl (C=O) groups is 1. The number of hydrogen-bond donors (Lipinski definition) is 1. The van der Waals surface area contributed by atoms with Crippen molar-refractivity contribution in [2.45, 2.75) is 46.1 Å². The third kappa shape index (κ3) is 3.20. The van der Waals surface area contributed by atoms with E-state index in [-0.39, 0.29) is 5.91 Å². The third-order valence-corrected chi connectivity index (χ3v) is 3.62. The molecule has 2 N–H and O–H groups in total. The molecule has 1 amide bonds. The average Bonchev–Trinajstić information content (AvgIpc) is 2.21. The van der Waals surface area contributed by atoms with Gasteiger partial charge in [-0.15, -0.1) is 0 Å². The largest absolute Gasteiger partial charge is 0.340 e. The van der Waals surface area contributed by atoms with Crippen LogP contribution in [0.2, 0.25) is 0 Å². The molecule has 1 aliphatic rings. The molecule has 0 radical (unpaired) electrons. The van der Waals surface area contributed by atoms with Gasteiger partial charge < -0.3 is 10.6 Å². The molecule has 1 heterocycles. The Bertz CT molecular complexity index is 218. The van der Waals surface area contributed by atoms with Gasteiger partial charge in [0.2, 0.25) is 5.91 Å². The topological polar surface area (TPSA) is 46.3 Å². The van der Waals surface area contributed by atoms with E-state index < -0.39 is 0 Å². The molecule has 1 rings (SSSR count). The normalized spacial score (nSPS) is 28.9. The van der Waals surface area contributed by atoms with Crippen LogP contribution in [0.15, 0.2) is 0 Å². The fourth-order valence-corrected chi connectivity index (χ4v) is 2.19. The number of likely N-dealkylation sites (tertiary alicyclic amines) is 1. The van der Waals surface area contributed by atoms with E-state index in [2.05, 4.69) is 13.8 Å². The van der Waals surface area contributed by atoms with Crippen LogP contribution in [0, 0.1) is 11.8 Å². The number of piperidine rings is 1. The number of amides is 1. The van der Waals surface area contributed by atoms with E-state index >= 15 is 0 Å². The van der Waals surface area contributed by atoms with Crippen molar-refractivity contribution in [3.8, 4) is 0 Å². The number of nitrogens with two attached hydrogens (primary N) is 1. The van der Waals surface area contributed by atoms with E-state index in [1.54, 1.807) is 0 Å². The summed E-state index contributed by atoms with van der Waals surface area (Å²) in [4.78, 5) is 14.0. The predicted octanol–water partition coefficient (Wildman–Crippen LogP) is 1.62. The monoisotopic (exact) mass is 212 g/mol. The van der Waals surface area contributed by atoms with Crippen LogP contribution >= 0.6 is 0 Å². The molecule has 0 aromatic carbocycles. The van der Waals surface area contributed by atoms with Crippen LogP contribution in [0.5, 0.6) is 0 Å². The minimum Gasteiger partial charge on any atom is -0.340 e. The molecule has 3 nitrogen and oxygen atoms in total. The number of nitrogens with zero attached hydrogens (tertiary/aromatic N) is 1. The quantitative estimate of drug-likeness (QED) is 0.772. The second-order valence-electron chi connectivity index (χ2n) is 4.99. The minimum atomic E-state index is 0.284. The van der Waals surface area contributed by atoms with Crippen LogP contribution in [0.25, 0.3) is 0 Å². The van der Waals surface area contributed by atoms with Gasteiger partial charge in [0.05, 0.1) is 0 Å². The summed E-state index contributed by atoms with van der Waals surface area (Å²) < 4.78 is 0. The van der Waals surface area contributed by atoms with Crippen LogP contribution in [0.3, 0.4) is 0 Å². The van der Waals surface area contributed by atoms with E-state index in [1.165, 1.54) is 6.42 Å². The summed E-state index contributed by atoms with van der Waals surface area (Å²) >= 11 is 0. The maximum atomic E-state index is 12.0. The number of carbonyl (C=O) groups excluding carboxylic acids is 1. The van der Waals surface area contributed by atoms with E-state index in [4.69, 9.17) is 5.73 Å². The average molecular weight is 212 g/mol. The van der Waals surface area contributed by atoms with Crippen LogP contribution in [-0.2, 0) is 4.79 Å². The molecule has 15 heavy (non-hydrogen) atoms. The first-order valence-corrected chi connectivity index (χ1v) is 6.05. The zero-order valence-electron chi connectivity index (χ0n) is 10.2. The first kappa shape index (κ1) is 12.5. The highest BCUT2D eigenvalue weighted by atomic mass is 16.2. The fourth-order valence-electron chi connectivity index (χ4n) is 2.19. The van der Waals surface area contributed by atoms with Crippen LogP contribution in [-0.4, -0.2) is 29.9 Å². The zero-order valence-corrected chi connectivity index (χ0v) is 10.2. The molecule has 0 aliphatic carbocycles. The van der Waals surface area contributed by atoms with Gasteiger partial charge >= 0.3 is 0 Å². The van der Waals surface area contributed by atoms with Gasteiger partial charge in [0.25, 0.3) is 0 Å². The van der Waals surface area contributed by atoms with Crippen molar-refractivity contribution >= 4 is 5.91 Å². The number of rotatable bonds is 3. The standard InChI is InChI=1S/C12H24N2O/c1-9(8-13)7-12(15)14-6-4-5-10(2)11(14)3/h9-11H,4-8,13H2,1-3H3. The molecular formula is C12H24N2O. The molecule has 1 saturated heterocycles. The molecule has 0 aromatic heterocycles. The highest BCUT2D eigenvalue weighted by Crippen LogP contribution is 2.23. The Hall–Kier alpha value is -0.570. The lowest BCUT2D eigenvalue weighted by molar-refractivity contribution is -0.136. The first-order valence-electron chi connectivity index (χ1n) is 6.05. The predicted molar refractivity (Wildman–Crippen MR) is 62.4 cm³/mol. The zero-order chi connectivity index (χ0) is 11.4. The maximum Gasteiger partial charge on any atom is 0.223 e. The fraction of sp³-hybridized carbons (Fsp3) is 0.917. The smallest absolute Gasteiger partial charge is 0.223 e. The molecule has 0 aromatic rings. The Morgan fingerprint density at radius 2 is 2.20 bits per heavy atom. The molecule has 3 unspecified atom stereocenters. The molecular weight excluding hydrogens is 188 g/mol. The van der Waals surface area contributed by atoms with Gasteiger partial charge in [0.15, 0.2) is 0 Å². The lowest BCUT2D eigenvalue weighted by atomic mass is 9.91. The Morgan fingerprint density at radius 3 is 2.80 bits per heavy atom. The van der Waals surface area contributed by atoms with E-state index in [9.17, 15) is 4.79 Å². The molecule has 3 heteroatoms. The van der Waals surface area contributed by atoms with Crippen molar-refractivity contribution in [1.82, 2.24) is 4.90 Å². The van der Waals surface area contributed by atoms with Gasteiger partial charge in [-0.1, -0.05) is 13.8 Å². The van der Waals surface area contributed by atoms with Crippen molar-refractivity contribution in [3.05, 3.63) is 0 Å². The Kier molecular flexibility index (Phi) is 4.58. The number of hydrogen-bond acceptors (Lipinski definition) is 2. The Labute approximate surface area is 93.0 Å². The maximum absolute atomic E-state index is 12.0. The Morgan fingerprint density at radius 1 is 1.53 bits per heavy atom. The van der Waals surface area contributed by atoms with E-state index in [0.717, 1.165) is 13.0 Å². The van der Waals surface area contributed by atoms with E-state index in [1.807, 2.05) is 11.8 Å². The second kappa shape index (κ2) is 5.50. The molecule has 88 valence electrons. The first-order chi connectivity index (χ1) is 7.06. The highest BCUT2D eigenvalue weighted by molar-refractivity contribution is 5.76. The summed E-state index contributed by atoms with van der Waals surface area (Å²) in [6.07, 6.45) is 3.00. The molecule has 0 bridgehead atoms. The van der Waals surface area contributed by atoms with Gasteiger partial charge in [-0.05, 0) is 38.1 Å². The van der Waals surface area contributed by atoms with Crippen LogP contribution in [0.1, 0.15) is 40.0 Å². The van der Waals surface area contributed by atoms with Crippen molar-refractivity contribution in [3.63, 3.8) is 0 Å². The SMILES string of the molecule is CC(CN)CC(=O)N1CCCC(C)C1C. The van der Waals surface area contributed by atoms with Crippen molar-refractivity contribution < 1.29 is 4.79 Å². The molecule has 0 spiro atoms. The van der Waals surface area contributed by atoms with Crippen LogP contribution < -0.4 is 5.73 Å². The summed E-state index contributed by atoms with van der Waals surface area (Å²) in [5.74, 6) is 1.23. The molecule has 0 saturated carbocycles. The van der Waals surface area contributed by atoms with Gasteiger partial charge in [-0.25, -0.2) is 0 Å². The lowest BCUT2D eigenvalue weighted by Gasteiger charge is -2.38. The summed E-state index contributed by atoms with van der Waals surface area (Å²) in [7, 11) is 0. The highest BCUT2D eigenvalue weighted by Gasteiger charge is 2.28. The minimum absolute atomic E-state index is 0.284. The summed E-state index contributed by atoms with van der Waals surface area (Å²) in [6.45, 7) is 7.96. The van der Waals surface area contributed by atoms with Gasteiger partial charge in [0, 0.05) is 19.0 Å². The molecule has 3 atom stereocenters. The van der Waals surface area contributed by atoms with Gasteiger partial charge in [0.1, 0.15) is 0 Å². The van der Waals surface area contributed by atoms with Crippen molar-refractivity contribution in [1.29, 1.82) is 0 Å². The molecule has 1 aliphatic heterocycles. The van der Waals surface area contributed by atoms with Crippen molar-refractivity contribution in [2.75, 3.05) is 13.1 Å². The summed E-state index contributed by atoms with van der Waals surface area (Å²) in [6, 6.07) is 0.399.